The fourth-order valence-corrected chi connectivity index (χ4v) is 1.71. The van der Waals surface area contributed by atoms with Crippen molar-refractivity contribution in [3.63, 3.8) is 0 Å². The number of carboxylic acids is 1. The lowest BCUT2D eigenvalue weighted by Crippen LogP contribution is -2.35. The van der Waals surface area contributed by atoms with E-state index >= 15 is 0 Å². The zero-order valence-corrected chi connectivity index (χ0v) is 8.27. The highest BCUT2D eigenvalue weighted by Crippen LogP contribution is 2.21. The Hall–Kier alpha value is -1.32. The molecule has 4 nitrogen and oxygen atoms in total. The van der Waals surface area contributed by atoms with E-state index < -0.39 is 5.97 Å². The Labute approximate surface area is 83.2 Å². The van der Waals surface area contributed by atoms with Crippen LogP contribution in [0.15, 0.2) is 12.7 Å². The number of carboxylic acid groups (broad SMARTS) is 1. The van der Waals surface area contributed by atoms with E-state index in [4.69, 9.17) is 5.11 Å². The van der Waals surface area contributed by atoms with Gasteiger partial charge in [-0.05, 0) is 6.92 Å². The lowest BCUT2D eigenvalue weighted by atomic mass is 10.1. The monoisotopic (exact) mass is 197 g/mol. The molecular weight excluding hydrogens is 182 g/mol. The molecule has 1 amide bonds. The lowest BCUT2D eigenvalue weighted by Gasteiger charge is -2.22. The van der Waals surface area contributed by atoms with Crippen LogP contribution in [0.2, 0.25) is 0 Å². The molecule has 1 rings (SSSR count). The number of hydrogen-bond donors (Lipinski definition) is 1. The average Bonchev–Trinajstić information content (AvgIpc) is 2.45. The molecule has 1 unspecified atom stereocenters. The summed E-state index contributed by atoms with van der Waals surface area (Å²) in [6.45, 7) is 6.01. The second-order valence-corrected chi connectivity index (χ2v) is 3.69. The van der Waals surface area contributed by atoms with Crippen molar-refractivity contribution in [1.82, 2.24) is 4.90 Å². The summed E-state index contributed by atoms with van der Waals surface area (Å²) in [7, 11) is 0. The maximum absolute atomic E-state index is 11.5. The fourth-order valence-electron chi connectivity index (χ4n) is 1.71. The zero-order chi connectivity index (χ0) is 10.7. The van der Waals surface area contributed by atoms with Crippen LogP contribution in [0.5, 0.6) is 0 Å². The number of rotatable bonds is 4. The summed E-state index contributed by atoms with van der Waals surface area (Å²) in [5.41, 5.74) is 0. The molecule has 1 aliphatic rings. The maximum atomic E-state index is 11.5. The third kappa shape index (κ3) is 2.34. The minimum Gasteiger partial charge on any atom is -0.481 e. The molecule has 0 aromatic heterocycles. The van der Waals surface area contributed by atoms with Gasteiger partial charge in [0.25, 0.3) is 0 Å². The third-order valence-corrected chi connectivity index (χ3v) is 2.52. The van der Waals surface area contributed by atoms with E-state index in [0.29, 0.717) is 13.0 Å². The highest BCUT2D eigenvalue weighted by Gasteiger charge is 2.31. The molecule has 0 saturated carbocycles. The summed E-state index contributed by atoms with van der Waals surface area (Å²) in [4.78, 5) is 23.5. The van der Waals surface area contributed by atoms with Gasteiger partial charge in [-0.1, -0.05) is 6.08 Å². The van der Waals surface area contributed by atoms with Crippen molar-refractivity contribution in [2.75, 3.05) is 6.54 Å². The van der Waals surface area contributed by atoms with Gasteiger partial charge in [-0.25, -0.2) is 0 Å². The summed E-state index contributed by atoms with van der Waals surface area (Å²) < 4.78 is 0. The van der Waals surface area contributed by atoms with Crippen molar-refractivity contribution in [3.05, 3.63) is 12.7 Å². The third-order valence-electron chi connectivity index (χ3n) is 2.52. The fraction of sp³-hybridized carbons (Fsp3) is 0.600. The topological polar surface area (TPSA) is 57.6 Å². The van der Waals surface area contributed by atoms with Crippen LogP contribution in [-0.2, 0) is 9.59 Å². The number of carbonyl (C=O) groups is 2. The standard InChI is InChI=1S/C10H15NO3/c1-3-8-5-9(12)11(6-8)7(2)4-10(13)14/h3,7-8H,1,4-6H2,2H3,(H,13,14)/t7-,8?/m1/s1. The van der Waals surface area contributed by atoms with Gasteiger partial charge in [-0.2, -0.15) is 0 Å². The number of nitrogens with zero attached hydrogens (tertiary/aromatic N) is 1. The van der Waals surface area contributed by atoms with Crippen LogP contribution < -0.4 is 0 Å². The predicted octanol–water partition coefficient (Wildman–Crippen LogP) is 0.884. The number of aliphatic carboxylic acids is 1. The first-order valence-electron chi connectivity index (χ1n) is 4.68. The Bertz CT molecular complexity index is 262. The highest BCUT2D eigenvalue weighted by atomic mass is 16.4. The van der Waals surface area contributed by atoms with Gasteiger partial charge in [0.2, 0.25) is 5.91 Å². The van der Waals surface area contributed by atoms with Gasteiger partial charge >= 0.3 is 5.97 Å². The molecule has 0 aromatic rings. The molecule has 0 spiro atoms. The van der Waals surface area contributed by atoms with Crippen LogP contribution in [0.25, 0.3) is 0 Å². The maximum Gasteiger partial charge on any atom is 0.305 e. The van der Waals surface area contributed by atoms with Crippen LogP contribution >= 0.6 is 0 Å². The highest BCUT2D eigenvalue weighted by molar-refractivity contribution is 5.80. The van der Waals surface area contributed by atoms with Crippen LogP contribution in [0.4, 0.5) is 0 Å². The minimum atomic E-state index is -0.868. The molecule has 1 saturated heterocycles. The first-order chi connectivity index (χ1) is 6.54. The summed E-state index contributed by atoms with van der Waals surface area (Å²) in [6.07, 6.45) is 2.23. The van der Waals surface area contributed by atoms with Gasteiger partial charge in [0.1, 0.15) is 0 Å². The van der Waals surface area contributed by atoms with Crippen molar-refractivity contribution >= 4 is 11.9 Å². The summed E-state index contributed by atoms with van der Waals surface area (Å²) in [5, 5.41) is 8.60. The van der Waals surface area contributed by atoms with Gasteiger partial charge in [0.15, 0.2) is 0 Å². The summed E-state index contributed by atoms with van der Waals surface area (Å²) in [6, 6.07) is -0.218. The molecule has 0 bridgehead atoms. The Morgan fingerprint density at radius 2 is 2.50 bits per heavy atom. The average molecular weight is 197 g/mol. The van der Waals surface area contributed by atoms with Crippen molar-refractivity contribution in [3.8, 4) is 0 Å². The Balaban J connectivity index is 2.56. The van der Waals surface area contributed by atoms with Crippen LogP contribution in [0.3, 0.4) is 0 Å². The van der Waals surface area contributed by atoms with Gasteiger partial charge in [0.05, 0.1) is 6.42 Å². The van der Waals surface area contributed by atoms with Gasteiger partial charge in [-0.15, -0.1) is 6.58 Å². The van der Waals surface area contributed by atoms with E-state index in [1.165, 1.54) is 0 Å². The molecule has 78 valence electrons. The molecule has 1 N–H and O–H groups in total. The SMILES string of the molecule is C=CC1CC(=O)N([C@H](C)CC(=O)O)C1. The second-order valence-electron chi connectivity index (χ2n) is 3.69. The van der Waals surface area contributed by atoms with Crippen molar-refractivity contribution in [2.45, 2.75) is 25.8 Å². The number of hydrogen-bond acceptors (Lipinski definition) is 2. The first kappa shape index (κ1) is 10.8. The molecule has 1 aliphatic heterocycles. The molecule has 2 atom stereocenters. The molecule has 0 aliphatic carbocycles. The number of amides is 1. The van der Waals surface area contributed by atoms with Crippen molar-refractivity contribution < 1.29 is 14.7 Å². The predicted molar refractivity (Wildman–Crippen MR) is 51.7 cm³/mol. The van der Waals surface area contributed by atoms with Crippen molar-refractivity contribution in [2.24, 2.45) is 5.92 Å². The molecule has 4 heteroatoms. The van der Waals surface area contributed by atoms with E-state index in [1.54, 1.807) is 17.9 Å². The Morgan fingerprint density at radius 1 is 1.86 bits per heavy atom. The smallest absolute Gasteiger partial charge is 0.305 e. The molecule has 1 fully saturated rings. The largest absolute Gasteiger partial charge is 0.481 e. The molecule has 1 heterocycles. The minimum absolute atomic E-state index is 0.00953. The van der Waals surface area contributed by atoms with E-state index in [0.717, 1.165) is 0 Å². The normalized spacial score (nSPS) is 23.6. The molecular formula is C10H15NO3. The summed E-state index contributed by atoms with van der Waals surface area (Å²) in [5.74, 6) is -0.658. The van der Waals surface area contributed by atoms with Gasteiger partial charge in [0, 0.05) is 24.9 Å². The van der Waals surface area contributed by atoms with E-state index in [-0.39, 0.29) is 24.3 Å². The summed E-state index contributed by atoms with van der Waals surface area (Å²) >= 11 is 0. The van der Waals surface area contributed by atoms with Crippen molar-refractivity contribution in [1.29, 1.82) is 0 Å². The lowest BCUT2D eigenvalue weighted by molar-refractivity contribution is -0.139. The van der Waals surface area contributed by atoms with Gasteiger partial charge in [-0.3, -0.25) is 9.59 Å². The zero-order valence-electron chi connectivity index (χ0n) is 8.27. The molecule has 0 aromatic carbocycles. The quantitative estimate of drug-likeness (QED) is 0.681. The van der Waals surface area contributed by atoms with E-state index in [9.17, 15) is 9.59 Å². The van der Waals surface area contributed by atoms with Gasteiger partial charge < -0.3 is 10.0 Å². The van der Waals surface area contributed by atoms with E-state index in [1.807, 2.05) is 0 Å². The molecule has 0 radical (unpaired) electrons. The van der Waals surface area contributed by atoms with Crippen LogP contribution in [0, 0.1) is 5.92 Å². The number of carbonyl (C=O) groups excluding carboxylic acids is 1. The van der Waals surface area contributed by atoms with Crippen LogP contribution in [-0.4, -0.2) is 34.5 Å². The Morgan fingerprint density at radius 3 is 2.93 bits per heavy atom. The Kier molecular flexibility index (Phi) is 3.28. The first-order valence-corrected chi connectivity index (χ1v) is 4.68. The van der Waals surface area contributed by atoms with Crippen LogP contribution in [0.1, 0.15) is 19.8 Å². The molecule has 14 heavy (non-hydrogen) atoms. The van der Waals surface area contributed by atoms with E-state index in [2.05, 4.69) is 6.58 Å². The second kappa shape index (κ2) is 4.26. The number of likely N-dealkylation sites (tertiary alicyclic amines) is 1.